The topological polar surface area (TPSA) is 81.7 Å². The van der Waals surface area contributed by atoms with Gasteiger partial charge in [-0.05, 0) is 48.4 Å². The van der Waals surface area contributed by atoms with Crippen LogP contribution in [0.3, 0.4) is 0 Å². The average Bonchev–Trinajstić information content (AvgIpc) is 2.82. The van der Waals surface area contributed by atoms with Crippen LogP contribution in [0.4, 0.5) is 18.9 Å². The van der Waals surface area contributed by atoms with Gasteiger partial charge in [0, 0.05) is 0 Å². The van der Waals surface area contributed by atoms with E-state index in [2.05, 4.69) is 5.32 Å². The second-order valence-electron chi connectivity index (χ2n) is 7.01. The Morgan fingerprint density at radius 3 is 2.03 bits per heavy atom. The maximum absolute atomic E-state index is 12.8. The van der Waals surface area contributed by atoms with Gasteiger partial charge >= 0.3 is 18.1 Å². The third kappa shape index (κ3) is 6.00. The quantitative estimate of drug-likeness (QED) is 0.470. The van der Waals surface area contributed by atoms with E-state index in [1.54, 1.807) is 37.3 Å². The highest BCUT2D eigenvalue weighted by atomic mass is 19.4. The molecule has 0 bridgehead atoms. The summed E-state index contributed by atoms with van der Waals surface area (Å²) in [6.45, 7) is 1.18. The first-order chi connectivity index (χ1) is 16.2. The zero-order chi connectivity index (χ0) is 24.7. The van der Waals surface area contributed by atoms with Crippen LogP contribution in [0.1, 0.15) is 33.2 Å². The molecule has 0 aliphatic carbocycles. The third-order valence-electron chi connectivity index (χ3n) is 4.70. The van der Waals surface area contributed by atoms with Gasteiger partial charge in [-0.15, -0.1) is 0 Å². The van der Waals surface area contributed by atoms with Gasteiger partial charge < -0.3 is 14.8 Å². The Balaban J connectivity index is 1.70. The summed E-state index contributed by atoms with van der Waals surface area (Å²) >= 11 is 0. The minimum absolute atomic E-state index is 0.0852. The van der Waals surface area contributed by atoms with Crippen molar-refractivity contribution >= 4 is 23.5 Å². The number of amides is 1. The molecule has 3 aromatic carbocycles. The normalized spacial score (nSPS) is 10.9. The first-order valence-corrected chi connectivity index (χ1v) is 10.2. The Labute approximate surface area is 193 Å². The molecule has 1 N–H and O–H groups in total. The largest absolute Gasteiger partial charge is 0.462 e. The van der Waals surface area contributed by atoms with Gasteiger partial charge in [-0.1, -0.05) is 42.5 Å². The van der Waals surface area contributed by atoms with Gasteiger partial charge in [0.2, 0.25) is 0 Å². The Bertz CT molecular complexity index is 1190. The van der Waals surface area contributed by atoms with E-state index in [1.165, 1.54) is 30.3 Å². The summed E-state index contributed by atoms with van der Waals surface area (Å²) in [7, 11) is 0. The van der Waals surface area contributed by atoms with E-state index < -0.39 is 36.2 Å². The zero-order valence-corrected chi connectivity index (χ0v) is 18.0. The smallest absolute Gasteiger partial charge is 0.416 e. The summed E-state index contributed by atoms with van der Waals surface area (Å²) in [5.74, 6) is -2.12. The van der Waals surface area contributed by atoms with Crippen LogP contribution in [0.25, 0.3) is 11.1 Å². The predicted octanol–water partition coefficient (Wildman–Crippen LogP) is 5.34. The van der Waals surface area contributed by atoms with Crippen LogP contribution in [-0.2, 0) is 20.4 Å². The van der Waals surface area contributed by atoms with Crippen molar-refractivity contribution in [2.24, 2.45) is 0 Å². The first-order valence-electron chi connectivity index (χ1n) is 10.2. The summed E-state index contributed by atoms with van der Waals surface area (Å²) < 4.78 is 48.5. The van der Waals surface area contributed by atoms with Crippen molar-refractivity contribution in [1.29, 1.82) is 0 Å². The van der Waals surface area contributed by atoms with Crippen LogP contribution in [-0.4, -0.2) is 31.1 Å². The monoisotopic (exact) mass is 471 g/mol. The van der Waals surface area contributed by atoms with E-state index in [9.17, 15) is 27.6 Å². The number of hydrogen-bond donors (Lipinski definition) is 1. The molecule has 0 spiro atoms. The van der Waals surface area contributed by atoms with Crippen molar-refractivity contribution in [2.75, 3.05) is 18.5 Å². The lowest BCUT2D eigenvalue weighted by Crippen LogP contribution is -2.22. The molecule has 176 valence electrons. The molecule has 34 heavy (non-hydrogen) atoms. The van der Waals surface area contributed by atoms with E-state index in [0.29, 0.717) is 11.1 Å². The van der Waals surface area contributed by atoms with Crippen molar-refractivity contribution in [2.45, 2.75) is 13.1 Å². The lowest BCUT2D eigenvalue weighted by Gasteiger charge is -2.12. The van der Waals surface area contributed by atoms with Crippen LogP contribution in [0.2, 0.25) is 0 Å². The van der Waals surface area contributed by atoms with Crippen molar-refractivity contribution in [3.05, 3.63) is 89.5 Å². The average molecular weight is 471 g/mol. The van der Waals surface area contributed by atoms with Crippen LogP contribution in [0, 0.1) is 0 Å². The Kier molecular flexibility index (Phi) is 7.68. The molecule has 0 aliphatic heterocycles. The Morgan fingerprint density at radius 1 is 0.794 bits per heavy atom. The molecule has 0 aromatic heterocycles. The molecule has 0 fully saturated rings. The number of para-hydroxylation sites is 1. The van der Waals surface area contributed by atoms with E-state index in [1.807, 2.05) is 0 Å². The molecule has 0 aliphatic rings. The number of alkyl halides is 3. The second-order valence-corrected chi connectivity index (χ2v) is 7.01. The first kappa shape index (κ1) is 24.5. The Morgan fingerprint density at radius 2 is 1.38 bits per heavy atom. The zero-order valence-electron chi connectivity index (χ0n) is 18.0. The summed E-state index contributed by atoms with van der Waals surface area (Å²) in [4.78, 5) is 37.0. The number of ether oxygens (including phenoxy) is 2. The van der Waals surface area contributed by atoms with Crippen LogP contribution in [0.15, 0.2) is 72.8 Å². The molecule has 0 heterocycles. The van der Waals surface area contributed by atoms with Crippen LogP contribution in [0.5, 0.6) is 0 Å². The van der Waals surface area contributed by atoms with Gasteiger partial charge in [-0.2, -0.15) is 13.2 Å². The van der Waals surface area contributed by atoms with Gasteiger partial charge in [-0.3, -0.25) is 4.79 Å². The maximum Gasteiger partial charge on any atom is 0.416 e. The molecule has 3 rings (SSSR count). The molecule has 0 saturated heterocycles. The summed E-state index contributed by atoms with van der Waals surface area (Å²) in [6, 6.07) is 16.8. The number of carbonyl (C=O) groups excluding carboxylic acids is 3. The molecule has 0 radical (unpaired) electrons. The summed E-state index contributed by atoms with van der Waals surface area (Å²) in [5.41, 5.74) is 0.365. The van der Waals surface area contributed by atoms with Crippen molar-refractivity contribution in [3.8, 4) is 11.1 Å². The van der Waals surface area contributed by atoms with Gasteiger partial charge in [0.25, 0.3) is 5.91 Å². The standard InChI is InChI=1S/C25H20F3NO5/c1-2-33-24(32)20-9-5-6-10-21(20)29-22(30)15-34-23(31)19-8-4-3-7-18(19)16-11-13-17(14-12-16)25(26,27)28/h3-14H,2,15H2,1H3,(H,29,30). The molecule has 0 unspecified atom stereocenters. The number of anilines is 1. The van der Waals surface area contributed by atoms with E-state index in [4.69, 9.17) is 9.47 Å². The third-order valence-corrected chi connectivity index (χ3v) is 4.70. The van der Waals surface area contributed by atoms with Crippen molar-refractivity contribution in [3.63, 3.8) is 0 Å². The molecule has 3 aromatic rings. The number of rotatable bonds is 7. The highest BCUT2D eigenvalue weighted by molar-refractivity contribution is 6.03. The summed E-state index contributed by atoms with van der Waals surface area (Å²) in [6.07, 6.45) is -4.48. The fourth-order valence-electron chi connectivity index (χ4n) is 3.13. The molecule has 1 amide bonds. The number of nitrogens with one attached hydrogen (secondary N) is 1. The van der Waals surface area contributed by atoms with Crippen molar-refractivity contribution in [1.82, 2.24) is 0 Å². The van der Waals surface area contributed by atoms with Gasteiger partial charge in [0.1, 0.15) is 0 Å². The molecule has 0 atom stereocenters. The summed E-state index contributed by atoms with van der Waals surface area (Å²) in [5, 5.41) is 2.50. The number of halogens is 3. The van der Waals surface area contributed by atoms with Crippen molar-refractivity contribution < 1.29 is 37.0 Å². The molecule has 6 nitrogen and oxygen atoms in total. The number of esters is 2. The minimum atomic E-state index is -4.48. The molecular formula is C25H20F3NO5. The number of benzene rings is 3. The number of hydrogen-bond acceptors (Lipinski definition) is 5. The number of carbonyl (C=O) groups is 3. The molecule has 9 heteroatoms. The Hall–Kier alpha value is -4.14. The lowest BCUT2D eigenvalue weighted by molar-refractivity contribution is -0.137. The van der Waals surface area contributed by atoms with Crippen LogP contribution >= 0.6 is 0 Å². The maximum atomic E-state index is 12.8. The van der Waals surface area contributed by atoms with Gasteiger partial charge in [0.05, 0.1) is 29.0 Å². The van der Waals surface area contributed by atoms with Gasteiger partial charge in [0.15, 0.2) is 6.61 Å². The second kappa shape index (κ2) is 10.7. The fraction of sp³-hybridized carbons (Fsp3) is 0.160. The fourth-order valence-corrected chi connectivity index (χ4v) is 3.13. The predicted molar refractivity (Wildman–Crippen MR) is 118 cm³/mol. The van der Waals surface area contributed by atoms with Crippen LogP contribution < -0.4 is 5.32 Å². The highest BCUT2D eigenvalue weighted by Crippen LogP contribution is 2.32. The van der Waals surface area contributed by atoms with E-state index >= 15 is 0 Å². The SMILES string of the molecule is CCOC(=O)c1ccccc1NC(=O)COC(=O)c1ccccc1-c1ccc(C(F)(F)F)cc1. The highest BCUT2D eigenvalue weighted by Gasteiger charge is 2.30. The van der Waals surface area contributed by atoms with Gasteiger partial charge in [-0.25, -0.2) is 9.59 Å². The minimum Gasteiger partial charge on any atom is -0.462 e. The lowest BCUT2D eigenvalue weighted by atomic mass is 9.98. The van der Waals surface area contributed by atoms with E-state index in [-0.39, 0.29) is 23.4 Å². The molecular weight excluding hydrogens is 451 g/mol. The van der Waals surface area contributed by atoms with E-state index in [0.717, 1.165) is 12.1 Å². The molecule has 0 saturated carbocycles.